The van der Waals surface area contributed by atoms with E-state index < -0.39 is 5.97 Å². The van der Waals surface area contributed by atoms with Crippen LogP contribution in [0.3, 0.4) is 0 Å². The number of ether oxygens (including phenoxy) is 3. The summed E-state index contributed by atoms with van der Waals surface area (Å²) in [7, 11) is 2.73. The van der Waals surface area contributed by atoms with Gasteiger partial charge in [-0.1, -0.05) is 50.1 Å². The number of carbonyl (C=O) groups excluding carboxylic acids is 3. The number of nitrogens with zero attached hydrogens (tertiary/aromatic N) is 1. The van der Waals surface area contributed by atoms with Gasteiger partial charge in [-0.15, -0.1) is 0 Å². The molecule has 0 aromatic heterocycles. The monoisotopic (exact) mass is 569 g/mol. The van der Waals surface area contributed by atoms with Crippen molar-refractivity contribution >= 4 is 66.8 Å². The van der Waals surface area contributed by atoms with Crippen molar-refractivity contribution in [2.75, 3.05) is 20.8 Å². The summed E-state index contributed by atoms with van der Waals surface area (Å²) < 4.78 is 16.8. The first kappa shape index (κ1) is 23.4. The van der Waals surface area contributed by atoms with Crippen LogP contribution in [0.5, 0.6) is 11.5 Å². The van der Waals surface area contributed by atoms with Crippen molar-refractivity contribution < 1.29 is 28.6 Å². The SMILES string of the molecule is COC(=O)COc1cc(Br)c(/C=C2\SC(=O)N(Cc3ccccc3Br)C2=O)cc1OC. The molecule has 1 aliphatic rings. The molecule has 0 radical (unpaired) electrons. The van der Waals surface area contributed by atoms with Crippen molar-refractivity contribution in [1.82, 2.24) is 4.90 Å². The summed E-state index contributed by atoms with van der Waals surface area (Å²) in [6.45, 7) is -0.0964. The Hall–Kier alpha value is -2.30. The summed E-state index contributed by atoms with van der Waals surface area (Å²) >= 11 is 7.75. The number of imide groups is 1. The van der Waals surface area contributed by atoms with Crippen LogP contribution in [0.1, 0.15) is 11.1 Å². The second kappa shape index (κ2) is 10.3. The zero-order chi connectivity index (χ0) is 22.5. The molecule has 10 heteroatoms. The fourth-order valence-electron chi connectivity index (χ4n) is 2.70. The zero-order valence-corrected chi connectivity index (χ0v) is 20.5. The van der Waals surface area contributed by atoms with Crippen LogP contribution in [0.15, 0.2) is 50.2 Å². The molecule has 0 bridgehead atoms. The van der Waals surface area contributed by atoms with Crippen LogP contribution in [0, 0.1) is 0 Å². The smallest absolute Gasteiger partial charge is 0.343 e. The molecule has 7 nitrogen and oxygen atoms in total. The third-order valence-corrected chi connectivity index (χ3v) is 6.67. The molecule has 1 saturated heterocycles. The average molecular weight is 571 g/mol. The van der Waals surface area contributed by atoms with E-state index in [4.69, 9.17) is 9.47 Å². The molecule has 3 rings (SSSR count). The highest BCUT2D eigenvalue weighted by atomic mass is 79.9. The molecule has 1 heterocycles. The third-order valence-electron chi connectivity index (χ3n) is 4.30. The van der Waals surface area contributed by atoms with Crippen LogP contribution in [0.25, 0.3) is 6.08 Å². The molecule has 0 unspecified atom stereocenters. The molecule has 31 heavy (non-hydrogen) atoms. The van der Waals surface area contributed by atoms with E-state index in [2.05, 4.69) is 36.6 Å². The van der Waals surface area contributed by atoms with Crippen LogP contribution in [-0.4, -0.2) is 42.8 Å². The first-order valence-corrected chi connectivity index (χ1v) is 11.3. The number of thioether (sulfide) groups is 1. The lowest BCUT2D eigenvalue weighted by molar-refractivity contribution is -0.142. The Bertz CT molecular complexity index is 1070. The van der Waals surface area contributed by atoms with Gasteiger partial charge in [-0.25, -0.2) is 4.79 Å². The van der Waals surface area contributed by atoms with Crippen LogP contribution in [-0.2, 0) is 20.9 Å². The van der Waals surface area contributed by atoms with Gasteiger partial charge in [-0.2, -0.15) is 0 Å². The first-order chi connectivity index (χ1) is 14.8. The molecule has 0 aliphatic carbocycles. The highest BCUT2D eigenvalue weighted by molar-refractivity contribution is 9.10. The van der Waals surface area contributed by atoms with Gasteiger partial charge < -0.3 is 14.2 Å². The Morgan fingerprint density at radius 1 is 1.10 bits per heavy atom. The maximum Gasteiger partial charge on any atom is 0.343 e. The number of benzene rings is 2. The lowest BCUT2D eigenvalue weighted by atomic mass is 10.1. The van der Waals surface area contributed by atoms with Gasteiger partial charge in [-0.05, 0) is 47.2 Å². The minimum atomic E-state index is -0.527. The Morgan fingerprint density at radius 3 is 2.52 bits per heavy atom. The molecule has 2 aromatic rings. The minimum Gasteiger partial charge on any atom is -0.493 e. The minimum absolute atomic E-state index is 0.175. The van der Waals surface area contributed by atoms with Crippen molar-refractivity contribution in [3.8, 4) is 11.5 Å². The van der Waals surface area contributed by atoms with Gasteiger partial charge in [0, 0.05) is 8.95 Å². The van der Waals surface area contributed by atoms with Gasteiger partial charge in [-0.3, -0.25) is 14.5 Å². The van der Waals surface area contributed by atoms with Crippen LogP contribution in [0.2, 0.25) is 0 Å². The number of methoxy groups -OCH3 is 2. The standard InChI is InChI=1S/C21H17Br2NO6S/c1-28-16-7-13(15(23)9-17(16)30-11-19(25)29-2)8-18-20(26)24(21(27)31-18)10-12-5-3-4-6-14(12)22/h3-9H,10-11H2,1-2H3/b18-8-. The van der Waals surface area contributed by atoms with Gasteiger partial charge in [0.1, 0.15) is 0 Å². The van der Waals surface area contributed by atoms with E-state index in [1.807, 2.05) is 24.3 Å². The van der Waals surface area contributed by atoms with Gasteiger partial charge in [0.2, 0.25) is 0 Å². The Morgan fingerprint density at radius 2 is 1.84 bits per heavy atom. The van der Waals surface area contributed by atoms with Crippen molar-refractivity contribution in [3.63, 3.8) is 0 Å². The molecule has 1 fully saturated rings. The van der Waals surface area contributed by atoms with Crippen molar-refractivity contribution in [1.29, 1.82) is 0 Å². The second-order valence-corrected chi connectivity index (χ2v) is 8.95. The summed E-state index contributed by atoms with van der Waals surface area (Å²) in [5, 5.41) is -0.340. The van der Waals surface area contributed by atoms with E-state index in [-0.39, 0.29) is 24.3 Å². The molecule has 0 spiro atoms. The first-order valence-electron chi connectivity index (χ1n) is 8.90. The maximum atomic E-state index is 12.9. The Labute approximate surface area is 200 Å². The lowest BCUT2D eigenvalue weighted by Crippen LogP contribution is -2.27. The number of hydrogen-bond donors (Lipinski definition) is 0. The number of hydrogen-bond acceptors (Lipinski definition) is 7. The predicted molar refractivity (Wildman–Crippen MR) is 124 cm³/mol. The van der Waals surface area contributed by atoms with E-state index in [0.717, 1.165) is 21.8 Å². The number of esters is 1. The lowest BCUT2D eigenvalue weighted by Gasteiger charge is -2.14. The molecule has 2 amide bonds. The van der Waals surface area contributed by atoms with Crippen LogP contribution < -0.4 is 9.47 Å². The summed E-state index contributed by atoms with van der Waals surface area (Å²) in [4.78, 5) is 38.1. The number of rotatable bonds is 7. The maximum absolute atomic E-state index is 12.9. The quantitative estimate of drug-likeness (QED) is 0.342. The van der Waals surface area contributed by atoms with E-state index in [9.17, 15) is 14.4 Å². The number of amides is 2. The van der Waals surface area contributed by atoms with E-state index in [1.165, 1.54) is 19.1 Å². The van der Waals surface area contributed by atoms with E-state index >= 15 is 0 Å². The summed E-state index contributed by atoms with van der Waals surface area (Å²) in [5.74, 6) is -0.201. The largest absolute Gasteiger partial charge is 0.493 e. The number of halogens is 2. The Kier molecular flexibility index (Phi) is 7.79. The van der Waals surface area contributed by atoms with Crippen molar-refractivity contribution in [2.24, 2.45) is 0 Å². The molecule has 2 aromatic carbocycles. The fourth-order valence-corrected chi connectivity index (χ4v) is 4.38. The molecular weight excluding hydrogens is 554 g/mol. The van der Waals surface area contributed by atoms with Gasteiger partial charge in [0.05, 0.1) is 25.7 Å². The molecule has 1 aliphatic heterocycles. The van der Waals surface area contributed by atoms with Crippen LogP contribution in [0.4, 0.5) is 4.79 Å². The molecule has 162 valence electrons. The second-order valence-electron chi connectivity index (χ2n) is 6.25. The van der Waals surface area contributed by atoms with Gasteiger partial charge in [0.25, 0.3) is 11.1 Å². The topological polar surface area (TPSA) is 82.1 Å². The zero-order valence-electron chi connectivity index (χ0n) is 16.5. The average Bonchev–Trinajstić information content (AvgIpc) is 3.02. The van der Waals surface area contributed by atoms with Crippen LogP contribution >= 0.6 is 43.6 Å². The van der Waals surface area contributed by atoms with Crippen molar-refractivity contribution in [3.05, 3.63) is 61.4 Å². The predicted octanol–water partition coefficient (Wildman–Crippen LogP) is 5.01. The summed E-state index contributed by atoms with van der Waals surface area (Å²) in [6, 6.07) is 10.7. The fraction of sp³-hybridized carbons (Fsp3) is 0.190. The van der Waals surface area contributed by atoms with Gasteiger partial charge >= 0.3 is 5.97 Å². The van der Waals surface area contributed by atoms with E-state index in [0.29, 0.717) is 26.4 Å². The summed E-state index contributed by atoms with van der Waals surface area (Å²) in [6.07, 6.45) is 1.61. The van der Waals surface area contributed by atoms with Crippen molar-refractivity contribution in [2.45, 2.75) is 6.54 Å². The third kappa shape index (κ3) is 5.50. The van der Waals surface area contributed by atoms with Gasteiger partial charge in [0.15, 0.2) is 18.1 Å². The molecule has 0 N–H and O–H groups in total. The summed E-state index contributed by atoms with van der Waals surface area (Å²) in [5.41, 5.74) is 1.45. The highest BCUT2D eigenvalue weighted by Crippen LogP contribution is 2.38. The molecular formula is C21H17Br2NO6S. The normalized spacial score (nSPS) is 14.8. The van der Waals surface area contributed by atoms with E-state index in [1.54, 1.807) is 18.2 Å². The Balaban J connectivity index is 1.84. The molecule has 0 saturated carbocycles. The molecule has 0 atom stereocenters. The highest BCUT2D eigenvalue weighted by Gasteiger charge is 2.35. The number of carbonyl (C=O) groups is 3.